The van der Waals surface area contributed by atoms with Crippen LogP contribution in [0.25, 0.3) is 11.5 Å². The molecule has 1 aliphatic heterocycles. The standard InChI is InChI=1S/C24H28N4O2/c1-18-7-9-21(10-8-18)24-26-22(27-30-24)17-28-15-12-20(13-16-28)23(29)25-14-11-19-5-3-2-4-6-19/h2-10,20H,11-17H2,1H3,(H,25,29). The van der Waals surface area contributed by atoms with Crippen LogP contribution in [0.4, 0.5) is 0 Å². The fourth-order valence-electron chi connectivity index (χ4n) is 3.80. The number of nitrogens with zero attached hydrogens (tertiary/aromatic N) is 3. The number of aromatic nitrogens is 2. The van der Waals surface area contributed by atoms with E-state index in [9.17, 15) is 4.79 Å². The molecule has 0 spiro atoms. The van der Waals surface area contributed by atoms with E-state index in [0.717, 1.165) is 37.9 Å². The van der Waals surface area contributed by atoms with Gasteiger partial charge >= 0.3 is 0 Å². The van der Waals surface area contributed by atoms with Gasteiger partial charge in [-0.1, -0.05) is 53.2 Å². The molecule has 2 heterocycles. The van der Waals surface area contributed by atoms with E-state index in [1.54, 1.807) is 0 Å². The lowest BCUT2D eigenvalue weighted by atomic mass is 9.96. The summed E-state index contributed by atoms with van der Waals surface area (Å²) in [4.78, 5) is 19.3. The van der Waals surface area contributed by atoms with Crippen molar-refractivity contribution in [1.82, 2.24) is 20.4 Å². The zero-order chi connectivity index (χ0) is 20.8. The molecule has 1 N–H and O–H groups in total. The third kappa shape index (κ3) is 5.33. The average Bonchev–Trinajstić information content (AvgIpc) is 3.24. The van der Waals surface area contributed by atoms with Crippen molar-refractivity contribution in [2.24, 2.45) is 5.92 Å². The summed E-state index contributed by atoms with van der Waals surface area (Å²) in [6, 6.07) is 18.3. The number of piperidine rings is 1. The lowest BCUT2D eigenvalue weighted by Gasteiger charge is -2.30. The number of rotatable bonds is 7. The molecule has 0 saturated carbocycles. The van der Waals surface area contributed by atoms with Crippen LogP contribution in [-0.2, 0) is 17.8 Å². The number of nitrogens with one attached hydrogen (secondary N) is 1. The van der Waals surface area contributed by atoms with Gasteiger partial charge in [-0.25, -0.2) is 0 Å². The first kappa shape index (κ1) is 20.3. The second kappa shape index (κ2) is 9.67. The van der Waals surface area contributed by atoms with E-state index in [2.05, 4.69) is 39.4 Å². The summed E-state index contributed by atoms with van der Waals surface area (Å²) in [7, 11) is 0. The number of likely N-dealkylation sites (tertiary alicyclic amines) is 1. The molecule has 2 aromatic carbocycles. The molecule has 6 heteroatoms. The van der Waals surface area contributed by atoms with Crippen LogP contribution in [0, 0.1) is 12.8 Å². The van der Waals surface area contributed by atoms with Gasteiger partial charge in [0, 0.05) is 18.0 Å². The van der Waals surface area contributed by atoms with Crippen molar-refractivity contribution in [3.05, 3.63) is 71.5 Å². The predicted molar refractivity (Wildman–Crippen MR) is 116 cm³/mol. The van der Waals surface area contributed by atoms with Crippen LogP contribution in [0.1, 0.15) is 29.8 Å². The van der Waals surface area contributed by atoms with Crippen molar-refractivity contribution in [1.29, 1.82) is 0 Å². The largest absolute Gasteiger partial charge is 0.356 e. The summed E-state index contributed by atoms with van der Waals surface area (Å²) < 4.78 is 5.42. The molecule has 1 aliphatic rings. The highest BCUT2D eigenvalue weighted by Crippen LogP contribution is 2.21. The quantitative estimate of drug-likeness (QED) is 0.651. The molecule has 156 valence electrons. The van der Waals surface area contributed by atoms with Crippen LogP contribution < -0.4 is 5.32 Å². The summed E-state index contributed by atoms with van der Waals surface area (Å²) >= 11 is 0. The Labute approximate surface area is 177 Å². The summed E-state index contributed by atoms with van der Waals surface area (Å²) in [5.41, 5.74) is 3.38. The van der Waals surface area contributed by atoms with Gasteiger partial charge < -0.3 is 9.84 Å². The Balaban J connectivity index is 1.21. The Kier molecular flexibility index (Phi) is 6.54. The number of benzene rings is 2. The Hall–Kier alpha value is -2.99. The maximum atomic E-state index is 12.5. The van der Waals surface area contributed by atoms with Gasteiger partial charge in [0.2, 0.25) is 5.91 Å². The van der Waals surface area contributed by atoms with Gasteiger partial charge in [0.05, 0.1) is 6.54 Å². The Morgan fingerprint density at radius 3 is 2.57 bits per heavy atom. The molecule has 4 rings (SSSR count). The molecule has 3 aromatic rings. The van der Waals surface area contributed by atoms with Crippen LogP contribution in [0.3, 0.4) is 0 Å². The molecule has 30 heavy (non-hydrogen) atoms. The van der Waals surface area contributed by atoms with E-state index in [1.165, 1.54) is 11.1 Å². The van der Waals surface area contributed by atoms with Crippen LogP contribution >= 0.6 is 0 Å². The lowest BCUT2D eigenvalue weighted by molar-refractivity contribution is -0.126. The van der Waals surface area contributed by atoms with Gasteiger partial charge in [0.1, 0.15) is 0 Å². The van der Waals surface area contributed by atoms with Gasteiger partial charge in [0.15, 0.2) is 5.82 Å². The number of aryl methyl sites for hydroxylation is 1. The van der Waals surface area contributed by atoms with E-state index < -0.39 is 0 Å². The minimum atomic E-state index is 0.0883. The molecule has 0 unspecified atom stereocenters. The summed E-state index contributed by atoms with van der Waals surface area (Å²) in [5.74, 6) is 1.51. The van der Waals surface area contributed by atoms with Gasteiger partial charge in [-0.2, -0.15) is 4.98 Å². The maximum Gasteiger partial charge on any atom is 0.257 e. The molecule has 0 bridgehead atoms. The van der Waals surface area contributed by atoms with E-state index in [0.29, 0.717) is 24.8 Å². The minimum Gasteiger partial charge on any atom is -0.356 e. The van der Waals surface area contributed by atoms with Crippen molar-refractivity contribution >= 4 is 5.91 Å². The van der Waals surface area contributed by atoms with Crippen LogP contribution in [0.2, 0.25) is 0 Å². The lowest BCUT2D eigenvalue weighted by Crippen LogP contribution is -2.40. The zero-order valence-electron chi connectivity index (χ0n) is 17.4. The zero-order valence-corrected chi connectivity index (χ0v) is 17.4. The fraction of sp³-hybridized carbons (Fsp3) is 0.375. The van der Waals surface area contributed by atoms with Gasteiger partial charge in [0.25, 0.3) is 5.89 Å². The molecule has 0 atom stereocenters. The number of amides is 1. The van der Waals surface area contributed by atoms with Crippen molar-refractivity contribution in [3.63, 3.8) is 0 Å². The minimum absolute atomic E-state index is 0.0883. The van der Waals surface area contributed by atoms with Crippen molar-refractivity contribution in [3.8, 4) is 11.5 Å². The van der Waals surface area contributed by atoms with Crippen molar-refractivity contribution in [2.45, 2.75) is 32.7 Å². The molecular formula is C24H28N4O2. The van der Waals surface area contributed by atoms with Crippen molar-refractivity contribution in [2.75, 3.05) is 19.6 Å². The van der Waals surface area contributed by atoms with E-state index in [4.69, 9.17) is 4.52 Å². The third-order valence-electron chi connectivity index (χ3n) is 5.65. The van der Waals surface area contributed by atoms with E-state index in [1.807, 2.05) is 42.5 Å². The summed E-state index contributed by atoms with van der Waals surface area (Å²) in [6.45, 7) is 5.12. The van der Waals surface area contributed by atoms with Crippen LogP contribution in [0.15, 0.2) is 59.1 Å². The predicted octanol–water partition coefficient (Wildman–Crippen LogP) is 3.62. The van der Waals surface area contributed by atoms with Gasteiger partial charge in [-0.15, -0.1) is 0 Å². The molecule has 0 aliphatic carbocycles. The second-order valence-corrected chi connectivity index (χ2v) is 7.96. The number of carbonyl (C=O) groups excluding carboxylic acids is 1. The van der Waals surface area contributed by atoms with Crippen LogP contribution in [-0.4, -0.2) is 40.6 Å². The Morgan fingerprint density at radius 1 is 1.10 bits per heavy atom. The Morgan fingerprint density at radius 2 is 1.83 bits per heavy atom. The van der Waals surface area contributed by atoms with Gasteiger partial charge in [-0.3, -0.25) is 9.69 Å². The highest BCUT2D eigenvalue weighted by Gasteiger charge is 2.25. The molecule has 1 fully saturated rings. The number of hydrogen-bond acceptors (Lipinski definition) is 5. The third-order valence-corrected chi connectivity index (χ3v) is 5.65. The first-order valence-electron chi connectivity index (χ1n) is 10.6. The number of hydrogen-bond donors (Lipinski definition) is 1. The summed E-state index contributed by atoms with van der Waals surface area (Å²) in [6.07, 6.45) is 2.59. The Bertz CT molecular complexity index is 945. The molecule has 1 aromatic heterocycles. The topological polar surface area (TPSA) is 71.3 Å². The fourth-order valence-corrected chi connectivity index (χ4v) is 3.80. The molecule has 1 saturated heterocycles. The van der Waals surface area contributed by atoms with E-state index >= 15 is 0 Å². The molecule has 0 radical (unpaired) electrons. The normalized spacial score (nSPS) is 15.2. The highest BCUT2D eigenvalue weighted by molar-refractivity contribution is 5.78. The highest BCUT2D eigenvalue weighted by atomic mass is 16.5. The second-order valence-electron chi connectivity index (χ2n) is 7.96. The monoisotopic (exact) mass is 404 g/mol. The average molecular weight is 405 g/mol. The first-order valence-corrected chi connectivity index (χ1v) is 10.6. The summed E-state index contributed by atoms with van der Waals surface area (Å²) in [5, 5.41) is 7.22. The smallest absolute Gasteiger partial charge is 0.257 e. The van der Waals surface area contributed by atoms with Crippen molar-refractivity contribution < 1.29 is 9.32 Å². The van der Waals surface area contributed by atoms with E-state index in [-0.39, 0.29) is 11.8 Å². The molecular weight excluding hydrogens is 376 g/mol. The maximum absolute atomic E-state index is 12.5. The molecule has 6 nitrogen and oxygen atoms in total. The number of carbonyl (C=O) groups is 1. The van der Waals surface area contributed by atoms with Crippen LogP contribution in [0.5, 0.6) is 0 Å². The molecule has 1 amide bonds. The van der Waals surface area contributed by atoms with Gasteiger partial charge in [-0.05, 0) is 57.0 Å². The SMILES string of the molecule is Cc1ccc(-c2nc(CN3CCC(C(=O)NCCc4ccccc4)CC3)no2)cc1. The first-order chi connectivity index (χ1) is 14.7.